The summed E-state index contributed by atoms with van der Waals surface area (Å²) in [5.74, 6) is 1.11. The second-order valence-electron chi connectivity index (χ2n) is 4.67. The Morgan fingerprint density at radius 2 is 1.57 bits per heavy atom. The second kappa shape index (κ2) is 4.12. The molecule has 0 aliphatic carbocycles. The first-order valence-corrected chi connectivity index (χ1v) is 5.41. The predicted octanol–water partition coefficient (Wildman–Crippen LogP) is 3.95. The first-order chi connectivity index (χ1) is 6.45. The molecule has 0 N–H and O–H groups in total. The molecule has 0 unspecified atom stereocenters. The Morgan fingerprint density at radius 1 is 1.00 bits per heavy atom. The van der Waals surface area contributed by atoms with Crippen LogP contribution in [0.3, 0.4) is 0 Å². The van der Waals surface area contributed by atoms with Crippen molar-refractivity contribution in [3.05, 3.63) is 28.6 Å². The van der Waals surface area contributed by atoms with Gasteiger partial charge in [0.05, 0.1) is 0 Å². The van der Waals surface area contributed by atoms with Crippen molar-refractivity contribution in [3.63, 3.8) is 0 Å². The van der Waals surface area contributed by atoms with Crippen molar-refractivity contribution in [2.75, 3.05) is 0 Å². The molecule has 0 aliphatic rings. The fraction of sp³-hybridized carbons (Fsp3) is 0.615. The molecule has 0 saturated carbocycles. The van der Waals surface area contributed by atoms with Crippen LogP contribution in [0.25, 0.3) is 0 Å². The number of nitrogens with zero attached hydrogens (tertiary/aromatic N) is 1. The van der Waals surface area contributed by atoms with Gasteiger partial charge in [-0.2, -0.15) is 0 Å². The third kappa shape index (κ3) is 1.97. The van der Waals surface area contributed by atoms with E-state index in [1.165, 1.54) is 22.4 Å². The van der Waals surface area contributed by atoms with E-state index < -0.39 is 0 Å². The van der Waals surface area contributed by atoms with Crippen LogP contribution >= 0.6 is 0 Å². The molecule has 0 amide bonds. The maximum Gasteiger partial charge on any atom is 0.0461 e. The summed E-state index contributed by atoms with van der Waals surface area (Å²) < 4.78 is 0. The Balaban J connectivity index is 3.34. The molecule has 0 radical (unpaired) electrons. The lowest BCUT2D eigenvalue weighted by Gasteiger charge is -2.17. The molecule has 0 saturated heterocycles. The Morgan fingerprint density at radius 3 is 2.00 bits per heavy atom. The average Bonchev–Trinajstić information content (AvgIpc) is 2.02. The maximum atomic E-state index is 4.52. The van der Waals surface area contributed by atoms with Gasteiger partial charge in [0.2, 0.25) is 0 Å². The van der Waals surface area contributed by atoms with E-state index in [2.05, 4.69) is 46.5 Å². The molecule has 1 aromatic rings. The predicted molar refractivity (Wildman–Crippen MR) is 61.9 cm³/mol. The normalized spacial score (nSPS) is 11.4. The highest BCUT2D eigenvalue weighted by molar-refractivity contribution is 5.38. The van der Waals surface area contributed by atoms with Crippen LogP contribution in [0.5, 0.6) is 0 Å². The number of hydrogen-bond donors (Lipinski definition) is 0. The molecule has 78 valence electrons. The lowest BCUT2D eigenvalue weighted by atomic mass is 9.91. The SMILES string of the molecule is Cc1cnc(C(C)C)c(C)c1C(C)C. The third-order valence-electron chi connectivity index (χ3n) is 2.73. The summed E-state index contributed by atoms with van der Waals surface area (Å²) in [6.45, 7) is 13.3. The molecule has 0 aliphatic heterocycles. The van der Waals surface area contributed by atoms with E-state index in [0.717, 1.165) is 0 Å². The Kier molecular flexibility index (Phi) is 3.30. The second-order valence-corrected chi connectivity index (χ2v) is 4.67. The quantitative estimate of drug-likeness (QED) is 0.690. The van der Waals surface area contributed by atoms with E-state index in [-0.39, 0.29) is 0 Å². The van der Waals surface area contributed by atoms with E-state index in [0.29, 0.717) is 11.8 Å². The molecule has 0 aromatic carbocycles. The topological polar surface area (TPSA) is 12.9 Å². The highest BCUT2D eigenvalue weighted by Crippen LogP contribution is 2.27. The summed E-state index contributed by atoms with van der Waals surface area (Å²) >= 11 is 0. The standard InChI is InChI=1S/C13H21N/c1-8(2)12-10(5)7-14-13(9(3)4)11(12)6/h7-9H,1-6H3. The molecule has 0 fully saturated rings. The van der Waals surface area contributed by atoms with E-state index in [9.17, 15) is 0 Å². The minimum absolute atomic E-state index is 0.521. The molecular formula is C13H21N. The van der Waals surface area contributed by atoms with Gasteiger partial charge in [-0.1, -0.05) is 27.7 Å². The van der Waals surface area contributed by atoms with Gasteiger partial charge >= 0.3 is 0 Å². The zero-order valence-corrected chi connectivity index (χ0v) is 10.2. The molecule has 1 rings (SSSR count). The van der Waals surface area contributed by atoms with E-state index in [1.54, 1.807) is 0 Å². The first kappa shape index (κ1) is 11.2. The Labute approximate surface area is 87.6 Å². The first-order valence-electron chi connectivity index (χ1n) is 5.41. The van der Waals surface area contributed by atoms with Crippen LogP contribution < -0.4 is 0 Å². The van der Waals surface area contributed by atoms with Crippen molar-refractivity contribution >= 4 is 0 Å². The van der Waals surface area contributed by atoms with E-state index in [4.69, 9.17) is 0 Å². The van der Waals surface area contributed by atoms with Gasteiger partial charge in [0, 0.05) is 11.9 Å². The van der Waals surface area contributed by atoms with Crippen LogP contribution in [0.2, 0.25) is 0 Å². The number of pyridine rings is 1. The molecule has 1 aromatic heterocycles. The maximum absolute atomic E-state index is 4.52. The van der Waals surface area contributed by atoms with Crippen LogP contribution in [-0.4, -0.2) is 4.98 Å². The van der Waals surface area contributed by atoms with Crippen LogP contribution in [0.1, 0.15) is 61.9 Å². The highest BCUT2D eigenvalue weighted by Gasteiger charge is 2.13. The van der Waals surface area contributed by atoms with Crippen LogP contribution in [0.4, 0.5) is 0 Å². The molecule has 0 spiro atoms. The summed E-state index contributed by atoms with van der Waals surface area (Å²) in [4.78, 5) is 4.52. The van der Waals surface area contributed by atoms with Gasteiger partial charge < -0.3 is 0 Å². The van der Waals surface area contributed by atoms with Crippen molar-refractivity contribution in [1.82, 2.24) is 4.98 Å². The Hall–Kier alpha value is -0.850. The fourth-order valence-electron chi connectivity index (χ4n) is 2.24. The van der Waals surface area contributed by atoms with Gasteiger partial charge in [-0.3, -0.25) is 4.98 Å². The Bertz CT molecular complexity index is 324. The van der Waals surface area contributed by atoms with E-state index in [1.807, 2.05) is 6.20 Å². The molecule has 1 heteroatoms. The van der Waals surface area contributed by atoms with Crippen molar-refractivity contribution in [1.29, 1.82) is 0 Å². The minimum Gasteiger partial charge on any atom is -0.260 e. The van der Waals surface area contributed by atoms with Gasteiger partial charge in [-0.25, -0.2) is 0 Å². The van der Waals surface area contributed by atoms with Gasteiger partial charge in [-0.15, -0.1) is 0 Å². The summed E-state index contributed by atoms with van der Waals surface area (Å²) in [5.41, 5.74) is 5.43. The summed E-state index contributed by atoms with van der Waals surface area (Å²) in [5, 5.41) is 0. The number of rotatable bonds is 2. The molecule has 14 heavy (non-hydrogen) atoms. The van der Waals surface area contributed by atoms with Crippen molar-refractivity contribution in [3.8, 4) is 0 Å². The number of aryl methyl sites for hydroxylation is 1. The monoisotopic (exact) mass is 191 g/mol. The lowest BCUT2D eigenvalue weighted by Crippen LogP contribution is -2.04. The van der Waals surface area contributed by atoms with Crippen LogP contribution in [0, 0.1) is 13.8 Å². The average molecular weight is 191 g/mol. The molecule has 0 atom stereocenters. The van der Waals surface area contributed by atoms with Crippen molar-refractivity contribution in [2.45, 2.75) is 53.4 Å². The largest absolute Gasteiger partial charge is 0.260 e. The molecule has 1 heterocycles. The van der Waals surface area contributed by atoms with Gasteiger partial charge in [-0.05, 0) is 42.4 Å². The van der Waals surface area contributed by atoms with Gasteiger partial charge in [0.15, 0.2) is 0 Å². The zero-order chi connectivity index (χ0) is 10.9. The summed E-state index contributed by atoms with van der Waals surface area (Å²) in [7, 11) is 0. The third-order valence-corrected chi connectivity index (χ3v) is 2.73. The smallest absolute Gasteiger partial charge is 0.0461 e. The molecule has 1 nitrogen and oxygen atoms in total. The van der Waals surface area contributed by atoms with Gasteiger partial charge in [0.1, 0.15) is 0 Å². The lowest BCUT2D eigenvalue weighted by molar-refractivity contribution is 0.776. The van der Waals surface area contributed by atoms with Gasteiger partial charge in [0.25, 0.3) is 0 Å². The van der Waals surface area contributed by atoms with Crippen molar-refractivity contribution < 1.29 is 0 Å². The number of hydrogen-bond acceptors (Lipinski definition) is 1. The summed E-state index contributed by atoms with van der Waals surface area (Å²) in [6.07, 6.45) is 2.01. The summed E-state index contributed by atoms with van der Waals surface area (Å²) in [6, 6.07) is 0. The number of aromatic nitrogens is 1. The van der Waals surface area contributed by atoms with E-state index >= 15 is 0 Å². The fourth-order valence-corrected chi connectivity index (χ4v) is 2.24. The molecular weight excluding hydrogens is 170 g/mol. The molecule has 0 bridgehead atoms. The minimum atomic E-state index is 0.521. The van der Waals surface area contributed by atoms with Crippen LogP contribution in [-0.2, 0) is 0 Å². The van der Waals surface area contributed by atoms with Crippen LogP contribution in [0.15, 0.2) is 6.20 Å². The zero-order valence-electron chi connectivity index (χ0n) is 10.2. The van der Waals surface area contributed by atoms with Crippen molar-refractivity contribution in [2.24, 2.45) is 0 Å². The highest BCUT2D eigenvalue weighted by atomic mass is 14.7.